The van der Waals surface area contributed by atoms with Gasteiger partial charge in [-0.3, -0.25) is 23.7 Å². The zero-order valence-electron chi connectivity index (χ0n) is 21.6. The van der Waals surface area contributed by atoms with Crippen molar-refractivity contribution < 1.29 is 42.8 Å². The van der Waals surface area contributed by atoms with Crippen LogP contribution in [0.3, 0.4) is 0 Å². The van der Waals surface area contributed by atoms with Crippen LogP contribution in [-0.2, 0) is 39.6 Å². The van der Waals surface area contributed by atoms with E-state index in [4.69, 9.17) is 20.3 Å². The molecule has 0 radical (unpaired) electrons. The summed E-state index contributed by atoms with van der Waals surface area (Å²) in [7, 11) is -4.92. The topological polar surface area (TPSA) is 198 Å². The van der Waals surface area contributed by atoms with Crippen LogP contribution < -0.4 is 16.4 Å². The number of fused-ring (bicyclic) bond motifs is 1. The molecule has 1 aliphatic rings. The summed E-state index contributed by atoms with van der Waals surface area (Å²) < 4.78 is 21.4. The number of nitrogens with zero attached hydrogens (tertiary/aromatic N) is 1. The molecule has 1 fully saturated rings. The van der Waals surface area contributed by atoms with Crippen molar-refractivity contribution in [2.75, 3.05) is 13.2 Å². The molecule has 1 aliphatic heterocycles. The summed E-state index contributed by atoms with van der Waals surface area (Å²) in [4.78, 5) is 69.2. The summed E-state index contributed by atoms with van der Waals surface area (Å²) in [6.07, 6.45) is -0.0838. The molecule has 0 bridgehead atoms. The SMILES string of the molecule is CC(=O)N[C@@H](COP(=O)(O)O)C(=O)N1CCC[C@H]1C(=O)N[C@H](C(N)=O)[C@@H](C)OCc1ccc2ccccc2c1. The number of amides is 4. The predicted molar refractivity (Wildman–Crippen MR) is 140 cm³/mol. The lowest BCUT2D eigenvalue weighted by molar-refractivity contribution is -0.143. The van der Waals surface area contributed by atoms with Crippen LogP contribution in [0.2, 0.25) is 0 Å². The number of carbonyl (C=O) groups is 4. The number of hydrogen-bond donors (Lipinski definition) is 5. The summed E-state index contributed by atoms with van der Waals surface area (Å²) in [6, 6.07) is 10.0. The van der Waals surface area contributed by atoms with Gasteiger partial charge in [-0.25, -0.2) is 4.57 Å². The van der Waals surface area contributed by atoms with Gasteiger partial charge >= 0.3 is 7.82 Å². The van der Waals surface area contributed by atoms with Gasteiger partial charge in [0, 0.05) is 13.5 Å². The third kappa shape index (κ3) is 8.57. The molecular weight excluding hydrogens is 531 g/mol. The number of benzene rings is 2. The molecule has 0 spiro atoms. The van der Waals surface area contributed by atoms with Crippen LogP contribution in [0.5, 0.6) is 0 Å². The van der Waals surface area contributed by atoms with E-state index in [-0.39, 0.29) is 19.6 Å². The van der Waals surface area contributed by atoms with Gasteiger partial charge in [-0.2, -0.15) is 0 Å². The Balaban J connectivity index is 1.65. The average molecular weight is 565 g/mol. The molecule has 4 amide bonds. The van der Waals surface area contributed by atoms with E-state index in [1.54, 1.807) is 6.92 Å². The minimum atomic E-state index is -4.92. The van der Waals surface area contributed by atoms with Gasteiger partial charge in [0.15, 0.2) is 0 Å². The molecule has 212 valence electrons. The third-order valence-corrected chi connectivity index (χ3v) is 6.81. The van der Waals surface area contributed by atoms with Gasteiger partial charge in [0.2, 0.25) is 23.6 Å². The maximum absolute atomic E-state index is 13.2. The fourth-order valence-corrected chi connectivity index (χ4v) is 4.76. The first-order valence-electron chi connectivity index (χ1n) is 12.3. The molecule has 2 aromatic carbocycles. The normalized spacial score (nSPS) is 17.8. The second kappa shape index (κ2) is 13.1. The largest absolute Gasteiger partial charge is 0.469 e. The summed E-state index contributed by atoms with van der Waals surface area (Å²) in [5, 5.41) is 6.95. The van der Waals surface area contributed by atoms with Crippen molar-refractivity contribution in [1.29, 1.82) is 0 Å². The smallest absolute Gasteiger partial charge is 0.371 e. The highest BCUT2D eigenvalue weighted by Gasteiger charge is 2.40. The first-order chi connectivity index (χ1) is 18.4. The van der Waals surface area contributed by atoms with Crippen molar-refractivity contribution in [3.63, 3.8) is 0 Å². The van der Waals surface area contributed by atoms with Gasteiger partial charge in [0.1, 0.15) is 18.1 Å². The van der Waals surface area contributed by atoms with Crippen molar-refractivity contribution in [3.05, 3.63) is 48.0 Å². The van der Waals surface area contributed by atoms with E-state index in [2.05, 4.69) is 15.2 Å². The van der Waals surface area contributed by atoms with Crippen molar-refractivity contribution in [1.82, 2.24) is 15.5 Å². The predicted octanol–water partition coefficient (Wildman–Crippen LogP) is 0.320. The van der Waals surface area contributed by atoms with E-state index in [1.165, 1.54) is 4.90 Å². The summed E-state index contributed by atoms with van der Waals surface area (Å²) in [5.74, 6) is -2.86. The van der Waals surface area contributed by atoms with E-state index in [0.29, 0.717) is 6.42 Å². The van der Waals surface area contributed by atoms with E-state index in [1.807, 2.05) is 42.5 Å². The number of phosphoric ester groups is 1. The highest BCUT2D eigenvalue weighted by Crippen LogP contribution is 2.36. The number of rotatable bonds is 12. The molecule has 3 rings (SSSR count). The molecule has 0 unspecified atom stereocenters. The minimum Gasteiger partial charge on any atom is -0.371 e. The van der Waals surface area contributed by atoms with Crippen molar-refractivity contribution >= 4 is 42.2 Å². The van der Waals surface area contributed by atoms with E-state index in [0.717, 1.165) is 23.3 Å². The van der Waals surface area contributed by atoms with Crippen molar-refractivity contribution in [2.45, 2.75) is 57.5 Å². The monoisotopic (exact) mass is 564 g/mol. The fraction of sp³-hybridized carbons (Fsp3) is 0.440. The van der Waals surface area contributed by atoms with E-state index < -0.39 is 62.3 Å². The Bertz CT molecular complexity index is 1270. The number of hydrogen-bond acceptors (Lipinski definition) is 7. The Kier molecular flexibility index (Phi) is 10.2. The molecule has 2 aromatic rings. The molecule has 1 saturated heterocycles. The zero-order valence-corrected chi connectivity index (χ0v) is 22.5. The molecule has 0 aromatic heterocycles. The maximum atomic E-state index is 13.2. The molecular formula is C25H33N4O9P. The Morgan fingerprint density at radius 3 is 2.46 bits per heavy atom. The van der Waals surface area contributed by atoms with Crippen LogP contribution >= 0.6 is 7.82 Å². The van der Waals surface area contributed by atoms with Crippen LogP contribution in [-0.4, -0.2) is 75.7 Å². The highest BCUT2D eigenvalue weighted by molar-refractivity contribution is 7.46. The van der Waals surface area contributed by atoms with Gasteiger partial charge in [0.05, 0.1) is 19.3 Å². The lowest BCUT2D eigenvalue weighted by Crippen LogP contribution is -2.58. The number of likely N-dealkylation sites (tertiary alicyclic amines) is 1. The first-order valence-corrected chi connectivity index (χ1v) is 13.9. The molecule has 13 nitrogen and oxygen atoms in total. The second-order valence-electron chi connectivity index (χ2n) is 9.32. The lowest BCUT2D eigenvalue weighted by Gasteiger charge is -2.30. The van der Waals surface area contributed by atoms with Crippen molar-refractivity contribution in [3.8, 4) is 0 Å². The molecule has 14 heteroatoms. The Labute approximate surface area is 225 Å². The van der Waals surface area contributed by atoms with Crippen LogP contribution in [0.4, 0.5) is 0 Å². The fourth-order valence-electron chi connectivity index (χ4n) is 4.42. The number of ether oxygens (including phenoxy) is 1. The standard InChI is InChI=1S/C25H33N4O9P/c1-15(37-13-17-9-10-18-6-3-4-7-19(18)12-17)22(23(26)31)28-24(32)21-8-5-11-29(21)25(33)20(27-16(2)30)14-38-39(34,35)36/h3-4,6-7,9-10,12,15,20-22H,5,8,11,13-14H2,1-2H3,(H2,26,31)(H,27,30)(H,28,32)(H2,34,35,36)/t15-,20+,21+,22+/m1/s1. The number of nitrogens with one attached hydrogen (secondary N) is 2. The average Bonchev–Trinajstić information content (AvgIpc) is 3.37. The Morgan fingerprint density at radius 1 is 1.13 bits per heavy atom. The summed E-state index contributed by atoms with van der Waals surface area (Å²) >= 11 is 0. The second-order valence-corrected chi connectivity index (χ2v) is 10.6. The van der Waals surface area contributed by atoms with E-state index in [9.17, 15) is 23.7 Å². The van der Waals surface area contributed by atoms with Gasteiger partial charge in [-0.1, -0.05) is 36.4 Å². The molecule has 0 saturated carbocycles. The van der Waals surface area contributed by atoms with Gasteiger partial charge in [-0.05, 0) is 42.2 Å². The molecule has 0 aliphatic carbocycles. The Morgan fingerprint density at radius 2 is 1.82 bits per heavy atom. The number of primary amides is 1. The minimum absolute atomic E-state index is 0.151. The van der Waals surface area contributed by atoms with E-state index >= 15 is 0 Å². The van der Waals surface area contributed by atoms with Gasteiger partial charge in [0.25, 0.3) is 0 Å². The molecule has 4 atom stereocenters. The molecule has 1 heterocycles. The third-order valence-electron chi connectivity index (χ3n) is 6.32. The van der Waals surface area contributed by atoms with Crippen LogP contribution in [0.25, 0.3) is 10.8 Å². The van der Waals surface area contributed by atoms with Crippen LogP contribution in [0, 0.1) is 0 Å². The first kappa shape index (κ1) is 30.2. The lowest BCUT2D eigenvalue weighted by atomic mass is 10.1. The number of nitrogens with two attached hydrogens (primary N) is 1. The van der Waals surface area contributed by atoms with Crippen LogP contribution in [0.15, 0.2) is 42.5 Å². The van der Waals surface area contributed by atoms with Gasteiger partial charge in [-0.15, -0.1) is 0 Å². The van der Waals surface area contributed by atoms with Gasteiger partial charge < -0.3 is 35.8 Å². The maximum Gasteiger partial charge on any atom is 0.469 e. The summed E-state index contributed by atoms with van der Waals surface area (Å²) in [6.45, 7) is 2.25. The zero-order chi connectivity index (χ0) is 28.7. The number of carbonyl (C=O) groups excluding carboxylic acids is 4. The molecule has 39 heavy (non-hydrogen) atoms. The highest BCUT2D eigenvalue weighted by atomic mass is 31.2. The van der Waals surface area contributed by atoms with Crippen LogP contribution in [0.1, 0.15) is 32.3 Å². The Hall–Kier alpha value is -3.35. The van der Waals surface area contributed by atoms with Crippen molar-refractivity contribution in [2.24, 2.45) is 5.73 Å². The quantitative estimate of drug-likeness (QED) is 0.225. The number of phosphoric acid groups is 1. The summed E-state index contributed by atoms with van der Waals surface area (Å²) in [5.41, 5.74) is 6.42. The molecule has 6 N–H and O–H groups in total.